The summed E-state index contributed by atoms with van der Waals surface area (Å²) in [4.78, 5) is 6.14. The van der Waals surface area contributed by atoms with Crippen molar-refractivity contribution in [3.05, 3.63) is 24.9 Å². The van der Waals surface area contributed by atoms with E-state index < -0.39 is 0 Å². The third-order valence-electron chi connectivity index (χ3n) is 3.17. The van der Waals surface area contributed by atoms with E-state index >= 15 is 0 Å². The monoisotopic (exact) mass is 254 g/mol. The van der Waals surface area contributed by atoms with Gasteiger partial charge in [0.15, 0.2) is 0 Å². The van der Waals surface area contributed by atoms with Gasteiger partial charge in [0.1, 0.15) is 6.23 Å². The molecule has 0 aromatic heterocycles. The Hall–Kier alpha value is -0.780. The lowest BCUT2D eigenvalue weighted by Gasteiger charge is -2.30. The maximum absolute atomic E-state index is 9.27. The molecule has 2 aliphatic heterocycles. The zero-order chi connectivity index (χ0) is 12.3. The van der Waals surface area contributed by atoms with Gasteiger partial charge in [0.2, 0.25) is 0 Å². The Labute approximate surface area is 107 Å². The van der Waals surface area contributed by atoms with Crippen molar-refractivity contribution < 1.29 is 9.84 Å². The normalized spacial score (nSPS) is 36.5. The fourth-order valence-electron chi connectivity index (χ4n) is 2.30. The summed E-state index contributed by atoms with van der Waals surface area (Å²) in [5, 5.41) is 9.30. The van der Waals surface area contributed by atoms with Gasteiger partial charge in [-0.15, -0.1) is 6.58 Å². The highest BCUT2D eigenvalue weighted by Crippen LogP contribution is 2.35. The summed E-state index contributed by atoms with van der Waals surface area (Å²) in [6.45, 7) is 4.55. The van der Waals surface area contributed by atoms with Crippen LogP contribution >= 0.6 is 12.6 Å². The maximum Gasteiger partial charge on any atom is 0.135 e. The first-order chi connectivity index (χ1) is 8.27. The van der Waals surface area contributed by atoms with E-state index in [1.54, 1.807) is 12.5 Å². The molecule has 0 amide bonds. The molecule has 0 aromatic carbocycles. The largest absolute Gasteiger partial charge is 0.394 e. The van der Waals surface area contributed by atoms with Gasteiger partial charge < -0.3 is 14.7 Å². The predicted molar refractivity (Wildman–Crippen MR) is 71.2 cm³/mol. The third-order valence-corrected chi connectivity index (χ3v) is 3.88. The summed E-state index contributed by atoms with van der Waals surface area (Å²) >= 11 is 4.55. The van der Waals surface area contributed by atoms with E-state index in [4.69, 9.17) is 4.74 Å². The van der Waals surface area contributed by atoms with Crippen LogP contribution in [0, 0.1) is 5.92 Å². The van der Waals surface area contributed by atoms with Gasteiger partial charge >= 0.3 is 0 Å². The lowest BCUT2D eigenvalue weighted by atomic mass is 9.98. The topological polar surface area (TPSA) is 45.1 Å². The number of hydrogen-bond acceptors (Lipinski definition) is 5. The molecule has 0 saturated carbocycles. The Kier molecular flexibility index (Phi) is 4.25. The first kappa shape index (κ1) is 12.7. The summed E-state index contributed by atoms with van der Waals surface area (Å²) in [6, 6.07) is 0. The predicted octanol–water partition coefficient (Wildman–Crippen LogP) is 1.05. The number of nitrogens with zero attached hydrogens (tertiary/aromatic N) is 2. The van der Waals surface area contributed by atoms with Crippen LogP contribution in [0.15, 0.2) is 29.9 Å². The summed E-state index contributed by atoms with van der Waals surface area (Å²) < 4.78 is 5.85. The van der Waals surface area contributed by atoms with Crippen LogP contribution in [0.1, 0.15) is 6.42 Å². The quantitative estimate of drug-likeness (QED) is 0.582. The molecule has 1 N–H and O–H groups in total. The molecule has 2 aliphatic rings. The zero-order valence-corrected chi connectivity index (χ0v) is 10.5. The fraction of sp³-hybridized carbons (Fsp3) is 0.583. The molecule has 1 fully saturated rings. The average Bonchev–Trinajstić information content (AvgIpc) is 2.69. The number of ether oxygens (including phenoxy) is 1. The SMILES string of the molecule is C=CC[C@H]1[C@H](S)[C@@H](CO)O[C@H]1N1C=NC=CC1. The van der Waals surface area contributed by atoms with Gasteiger partial charge in [0, 0.05) is 23.9 Å². The van der Waals surface area contributed by atoms with Crippen LogP contribution < -0.4 is 0 Å². The molecule has 0 aromatic rings. The van der Waals surface area contributed by atoms with Gasteiger partial charge in [-0.05, 0) is 12.5 Å². The lowest BCUT2D eigenvalue weighted by Crippen LogP contribution is -2.40. The molecule has 1 saturated heterocycles. The molecule has 17 heavy (non-hydrogen) atoms. The second-order valence-corrected chi connectivity index (χ2v) is 4.87. The van der Waals surface area contributed by atoms with Gasteiger partial charge in [-0.2, -0.15) is 12.6 Å². The van der Waals surface area contributed by atoms with Crippen LogP contribution in [-0.4, -0.2) is 47.1 Å². The van der Waals surface area contributed by atoms with Gasteiger partial charge in [-0.25, -0.2) is 4.99 Å². The summed E-state index contributed by atoms with van der Waals surface area (Å²) in [6.07, 6.45) is 7.93. The molecule has 0 radical (unpaired) electrons. The van der Waals surface area contributed by atoms with Crippen LogP contribution in [0.3, 0.4) is 0 Å². The second-order valence-electron chi connectivity index (χ2n) is 4.27. The summed E-state index contributed by atoms with van der Waals surface area (Å²) in [7, 11) is 0. The smallest absolute Gasteiger partial charge is 0.135 e. The molecule has 0 spiro atoms. The lowest BCUT2D eigenvalue weighted by molar-refractivity contribution is -0.0483. The van der Waals surface area contributed by atoms with E-state index in [0.29, 0.717) is 0 Å². The molecule has 2 rings (SSSR count). The summed E-state index contributed by atoms with van der Waals surface area (Å²) in [5.41, 5.74) is 0. The van der Waals surface area contributed by atoms with Crippen LogP contribution in [0.4, 0.5) is 0 Å². The number of aliphatic imine (C=N–C) groups is 1. The minimum atomic E-state index is -0.215. The van der Waals surface area contributed by atoms with Gasteiger partial charge in [0.05, 0.1) is 19.0 Å². The molecule has 0 unspecified atom stereocenters. The third kappa shape index (κ3) is 2.56. The first-order valence-corrected chi connectivity index (χ1v) is 6.29. The standard InChI is InChI=1S/C12H18N2O2S/c1-2-4-9-11(17)10(7-15)16-12(9)14-6-3-5-13-8-14/h2-3,5,8-12,15,17H,1,4,6-7H2/t9-,10+,11-,12+/m0/s1. The Bertz CT molecular complexity index is 332. The number of aliphatic hydroxyl groups excluding tert-OH is 1. The minimum Gasteiger partial charge on any atom is -0.394 e. The van der Waals surface area contributed by atoms with E-state index in [0.717, 1.165) is 13.0 Å². The van der Waals surface area contributed by atoms with Crippen molar-refractivity contribution >= 4 is 19.0 Å². The van der Waals surface area contributed by atoms with Gasteiger partial charge in [-0.3, -0.25) is 0 Å². The molecule has 94 valence electrons. The van der Waals surface area contributed by atoms with Crippen LogP contribution in [-0.2, 0) is 4.74 Å². The van der Waals surface area contributed by atoms with E-state index in [9.17, 15) is 5.11 Å². The average molecular weight is 254 g/mol. The molecule has 0 aliphatic carbocycles. The number of thiol groups is 1. The van der Waals surface area contributed by atoms with Gasteiger partial charge in [-0.1, -0.05) is 6.08 Å². The van der Waals surface area contributed by atoms with Gasteiger partial charge in [0.25, 0.3) is 0 Å². The number of hydrogen-bond donors (Lipinski definition) is 2. The molecule has 0 bridgehead atoms. The second kappa shape index (κ2) is 5.71. The highest BCUT2D eigenvalue weighted by molar-refractivity contribution is 7.81. The summed E-state index contributed by atoms with van der Waals surface area (Å²) in [5.74, 6) is 0.228. The Morgan fingerprint density at radius 2 is 2.47 bits per heavy atom. The van der Waals surface area contributed by atoms with Crippen molar-refractivity contribution in [1.29, 1.82) is 0 Å². The Morgan fingerprint density at radius 1 is 1.65 bits per heavy atom. The number of allylic oxidation sites excluding steroid dienone is 1. The van der Waals surface area contributed by atoms with Crippen molar-refractivity contribution in [1.82, 2.24) is 4.90 Å². The van der Waals surface area contributed by atoms with Crippen molar-refractivity contribution in [3.8, 4) is 0 Å². The van der Waals surface area contributed by atoms with E-state index in [1.165, 1.54) is 0 Å². The van der Waals surface area contributed by atoms with E-state index in [2.05, 4.69) is 24.2 Å². The van der Waals surface area contributed by atoms with E-state index in [-0.39, 0.29) is 30.1 Å². The highest BCUT2D eigenvalue weighted by atomic mass is 32.1. The van der Waals surface area contributed by atoms with Crippen molar-refractivity contribution in [2.24, 2.45) is 10.9 Å². The highest BCUT2D eigenvalue weighted by Gasteiger charge is 2.43. The Morgan fingerprint density at radius 3 is 3.06 bits per heavy atom. The Balaban J connectivity index is 2.11. The van der Waals surface area contributed by atoms with Crippen molar-refractivity contribution in [2.45, 2.75) is 24.0 Å². The van der Waals surface area contributed by atoms with Crippen LogP contribution in [0.5, 0.6) is 0 Å². The van der Waals surface area contributed by atoms with E-state index in [1.807, 2.05) is 17.1 Å². The zero-order valence-electron chi connectivity index (χ0n) is 9.64. The van der Waals surface area contributed by atoms with Crippen molar-refractivity contribution in [2.75, 3.05) is 13.2 Å². The maximum atomic E-state index is 9.27. The van der Waals surface area contributed by atoms with Crippen molar-refractivity contribution in [3.63, 3.8) is 0 Å². The molecule has 5 heteroatoms. The van der Waals surface area contributed by atoms with Crippen LogP contribution in [0.2, 0.25) is 0 Å². The molecular weight excluding hydrogens is 236 g/mol. The first-order valence-electron chi connectivity index (χ1n) is 5.77. The van der Waals surface area contributed by atoms with Crippen LogP contribution in [0.25, 0.3) is 0 Å². The molecule has 4 atom stereocenters. The molecule has 2 heterocycles. The minimum absolute atomic E-state index is 0.000861. The number of rotatable bonds is 4. The molecule has 4 nitrogen and oxygen atoms in total. The molecular formula is C12H18N2O2S. The number of aliphatic hydroxyl groups is 1. The fourth-order valence-corrected chi connectivity index (χ4v) is 2.73.